The molecule has 0 aliphatic carbocycles. The van der Waals surface area contributed by atoms with Crippen molar-refractivity contribution in [3.05, 3.63) is 30.0 Å². The number of hydrogen-bond donors (Lipinski definition) is 2. The Morgan fingerprint density at radius 1 is 1.03 bits per heavy atom. The second-order valence-corrected chi connectivity index (χ2v) is 10.1. The Balaban J connectivity index is 2.30. The number of carbonyl (C=O) groups excluding carboxylic acids is 2. The normalized spacial score (nSPS) is 12.0. The second-order valence-electron chi connectivity index (χ2n) is 10.1. The van der Waals surface area contributed by atoms with Crippen molar-refractivity contribution in [2.75, 3.05) is 20.8 Å². The number of hydrogen-bond acceptors (Lipinski definition) is 5. The van der Waals surface area contributed by atoms with Gasteiger partial charge in [0.05, 0.1) is 25.5 Å². The average Bonchev–Trinajstić information content (AvgIpc) is 3.23. The molecule has 0 aliphatic heterocycles. The zero-order valence-corrected chi connectivity index (χ0v) is 23.0. The van der Waals surface area contributed by atoms with Crippen LogP contribution < -0.4 is 20.1 Å². The number of carbonyl (C=O) groups is 2. The first kappa shape index (κ1) is 29.2. The molecule has 2 amide bonds. The van der Waals surface area contributed by atoms with E-state index in [4.69, 9.17) is 9.47 Å². The SMILES string of the molecule is CCCCCNC(=O)C[C@H](CC(C)C)NC(=O)c1cc(-c2c(OC)cccc2OC)n(CC(C)C)n1. The Labute approximate surface area is 216 Å². The highest BCUT2D eigenvalue weighted by atomic mass is 16.5. The van der Waals surface area contributed by atoms with E-state index < -0.39 is 0 Å². The van der Waals surface area contributed by atoms with Crippen molar-refractivity contribution in [1.29, 1.82) is 0 Å². The summed E-state index contributed by atoms with van der Waals surface area (Å²) in [5.41, 5.74) is 1.80. The van der Waals surface area contributed by atoms with Gasteiger partial charge in [-0.15, -0.1) is 0 Å². The molecule has 8 heteroatoms. The number of methoxy groups -OCH3 is 2. The monoisotopic (exact) mass is 500 g/mol. The van der Waals surface area contributed by atoms with Crippen LogP contribution in [0.4, 0.5) is 0 Å². The van der Waals surface area contributed by atoms with Crippen LogP contribution in [0, 0.1) is 11.8 Å². The predicted molar refractivity (Wildman–Crippen MR) is 143 cm³/mol. The van der Waals surface area contributed by atoms with Gasteiger partial charge in [0, 0.05) is 25.6 Å². The topological polar surface area (TPSA) is 94.5 Å². The van der Waals surface area contributed by atoms with E-state index in [2.05, 4.69) is 50.4 Å². The maximum absolute atomic E-state index is 13.3. The van der Waals surface area contributed by atoms with Crippen LogP contribution in [0.25, 0.3) is 11.3 Å². The van der Waals surface area contributed by atoms with Crippen molar-refractivity contribution in [2.24, 2.45) is 11.8 Å². The molecule has 0 fully saturated rings. The van der Waals surface area contributed by atoms with E-state index in [0.29, 0.717) is 48.5 Å². The summed E-state index contributed by atoms with van der Waals surface area (Å²) in [5.74, 6) is 1.59. The van der Waals surface area contributed by atoms with Crippen LogP contribution in [0.15, 0.2) is 24.3 Å². The lowest BCUT2D eigenvalue weighted by Crippen LogP contribution is -2.40. The van der Waals surface area contributed by atoms with Crippen LogP contribution in [0.2, 0.25) is 0 Å². The first-order chi connectivity index (χ1) is 17.2. The standard InChI is InChI=1S/C28H44N4O4/c1-8-9-10-14-29-26(33)16-21(15-19(2)3)30-28(34)22-17-23(32(31-22)18-20(4)5)27-24(35-6)12-11-13-25(27)36-7/h11-13,17,19-21H,8-10,14-16,18H2,1-7H3,(H,29,33)(H,30,34)/t21-/m0/s1. The summed E-state index contributed by atoms with van der Waals surface area (Å²) in [6.45, 7) is 11.8. The molecule has 0 saturated carbocycles. The van der Waals surface area contributed by atoms with Gasteiger partial charge in [-0.2, -0.15) is 5.10 Å². The van der Waals surface area contributed by atoms with Gasteiger partial charge in [0.2, 0.25) is 5.91 Å². The van der Waals surface area contributed by atoms with Gasteiger partial charge in [-0.05, 0) is 42.9 Å². The lowest BCUT2D eigenvalue weighted by atomic mass is 10.0. The van der Waals surface area contributed by atoms with Crippen molar-refractivity contribution in [3.63, 3.8) is 0 Å². The molecule has 1 aromatic heterocycles. The Morgan fingerprint density at radius 3 is 2.25 bits per heavy atom. The number of benzene rings is 1. The van der Waals surface area contributed by atoms with Crippen LogP contribution in [-0.2, 0) is 11.3 Å². The van der Waals surface area contributed by atoms with E-state index in [1.807, 2.05) is 22.9 Å². The van der Waals surface area contributed by atoms with Crippen LogP contribution in [0.5, 0.6) is 11.5 Å². The summed E-state index contributed by atoms with van der Waals surface area (Å²) < 4.78 is 13.0. The molecule has 2 rings (SSSR count). The van der Waals surface area contributed by atoms with Crippen LogP contribution >= 0.6 is 0 Å². The highest BCUT2D eigenvalue weighted by molar-refractivity contribution is 5.94. The zero-order chi connectivity index (χ0) is 26.7. The van der Waals surface area contributed by atoms with E-state index >= 15 is 0 Å². The minimum absolute atomic E-state index is 0.0400. The molecule has 0 unspecified atom stereocenters. The van der Waals surface area contributed by atoms with Crippen molar-refractivity contribution in [1.82, 2.24) is 20.4 Å². The number of aromatic nitrogens is 2. The summed E-state index contributed by atoms with van der Waals surface area (Å²) in [6, 6.07) is 7.09. The number of nitrogens with one attached hydrogen (secondary N) is 2. The molecule has 1 heterocycles. The van der Waals surface area contributed by atoms with Crippen LogP contribution in [0.3, 0.4) is 0 Å². The molecular weight excluding hydrogens is 456 g/mol. The quantitative estimate of drug-likeness (QED) is 0.333. The van der Waals surface area contributed by atoms with Crippen molar-refractivity contribution < 1.29 is 19.1 Å². The summed E-state index contributed by atoms with van der Waals surface area (Å²) in [5, 5.41) is 10.7. The molecule has 2 aromatic rings. The van der Waals surface area contributed by atoms with E-state index in [0.717, 1.165) is 30.5 Å². The molecule has 0 saturated heterocycles. The van der Waals surface area contributed by atoms with Crippen molar-refractivity contribution >= 4 is 11.8 Å². The highest BCUT2D eigenvalue weighted by Gasteiger charge is 2.24. The lowest BCUT2D eigenvalue weighted by Gasteiger charge is -2.20. The number of ether oxygens (including phenoxy) is 2. The van der Waals surface area contributed by atoms with Gasteiger partial charge < -0.3 is 20.1 Å². The Kier molecular flexibility index (Phi) is 11.8. The molecule has 0 spiro atoms. The van der Waals surface area contributed by atoms with Crippen LogP contribution in [-0.4, -0.2) is 48.4 Å². The zero-order valence-electron chi connectivity index (χ0n) is 23.0. The van der Waals surface area contributed by atoms with Gasteiger partial charge in [0.1, 0.15) is 11.5 Å². The maximum atomic E-state index is 13.3. The number of amides is 2. The molecular formula is C28H44N4O4. The summed E-state index contributed by atoms with van der Waals surface area (Å²) in [6.07, 6.45) is 4.11. The summed E-state index contributed by atoms with van der Waals surface area (Å²) >= 11 is 0. The number of unbranched alkanes of at least 4 members (excludes halogenated alkanes) is 2. The first-order valence-electron chi connectivity index (χ1n) is 13.1. The maximum Gasteiger partial charge on any atom is 0.272 e. The third kappa shape index (κ3) is 8.57. The van der Waals surface area contributed by atoms with Gasteiger partial charge in [0.25, 0.3) is 5.91 Å². The Bertz CT molecular complexity index is 962. The highest BCUT2D eigenvalue weighted by Crippen LogP contribution is 2.38. The van der Waals surface area contributed by atoms with E-state index in [1.54, 1.807) is 20.3 Å². The third-order valence-corrected chi connectivity index (χ3v) is 5.86. The van der Waals surface area contributed by atoms with Gasteiger partial charge in [-0.3, -0.25) is 14.3 Å². The molecule has 2 N–H and O–H groups in total. The fourth-order valence-corrected chi connectivity index (χ4v) is 4.24. The molecule has 1 aromatic carbocycles. The first-order valence-corrected chi connectivity index (χ1v) is 13.1. The summed E-state index contributed by atoms with van der Waals surface area (Å²) in [7, 11) is 3.22. The fourth-order valence-electron chi connectivity index (χ4n) is 4.24. The minimum atomic E-state index is -0.294. The number of nitrogens with zero attached hydrogens (tertiary/aromatic N) is 2. The molecule has 200 valence electrons. The van der Waals surface area contributed by atoms with Gasteiger partial charge in [0.15, 0.2) is 5.69 Å². The van der Waals surface area contributed by atoms with Gasteiger partial charge in [-0.1, -0.05) is 53.5 Å². The molecule has 36 heavy (non-hydrogen) atoms. The molecule has 1 atom stereocenters. The van der Waals surface area contributed by atoms with Crippen molar-refractivity contribution in [3.8, 4) is 22.8 Å². The van der Waals surface area contributed by atoms with Gasteiger partial charge in [-0.25, -0.2) is 0 Å². The predicted octanol–water partition coefficient (Wildman–Crippen LogP) is 5.06. The van der Waals surface area contributed by atoms with Gasteiger partial charge >= 0.3 is 0 Å². The second kappa shape index (κ2) is 14.5. The van der Waals surface area contributed by atoms with Crippen LogP contribution in [0.1, 0.15) is 77.2 Å². The molecule has 0 radical (unpaired) electrons. The minimum Gasteiger partial charge on any atom is -0.496 e. The smallest absolute Gasteiger partial charge is 0.272 e. The largest absolute Gasteiger partial charge is 0.496 e. The molecule has 8 nitrogen and oxygen atoms in total. The van der Waals surface area contributed by atoms with E-state index in [-0.39, 0.29) is 24.3 Å². The Hall–Kier alpha value is -3.03. The lowest BCUT2D eigenvalue weighted by molar-refractivity contribution is -0.121. The fraction of sp³-hybridized carbons (Fsp3) is 0.607. The Morgan fingerprint density at radius 2 is 1.69 bits per heavy atom. The average molecular weight is 501 g/mol. The number of rotatable bonds is 15. The van der Waals surface area contributed by atoms with E-state index in [9.17, 15) is 9.59 Å². The summed E-state index contributed by atoms with van der Waals surface area (Å²) in [4.78, 5) is 25.8. The van der Waals surface area contributed by atoms with E-state index in [1.165, 1.54) is 0 Å². The van der Waals surface area contributed by atoms with Crippen molar-refractivity contribution in [2.45, 2.75) is 79.3 Å². The molecule has 0 aliphatic rings. The molecule has 0 bridgehead atoms. The third-order valence-electron chi connectivity index (χ3n) is 5.86.